The SMILES string of the molecule is Cc1nc(-c2cccs2)sc1CNC(=O)c1cccc(Br)c1. The first-order valence-corrected chi connectivity index (χ1v) is 9.16. The van der Waals surface area contributed by atoms with Gasteiger partial charge in [0, 0.05) is 14.9 Å². The molecular weight excluding hydrogens is 380 g/mol. The first-order valence-electron chi connectivity index (χ1n) is 6.67. The van der Waals surface area contributed by atoms with Crippen molar-refractivity contribution in [2.75, 3.05) is 0 Å². The largest absolute Gasteiger partial charge is 0.347 e. The summed E-state index contributed by atoms with van der Waals surface area (Å²) in [6.45, 7) is 2.48. The highest BCUT2D eigenvalue weighted by Gasteiger charge is 2.12. The summed E-state index contributed by atoms with van der Waals surface area (Å²) in [5.41, 5.74) is 1.62. The van der Waals surface area contributed by atoms with E-state index in [4.69, 9.17) is 0 Å². The van der Waals surface area contributed by atoms with Crippen molar-refractivity contribution in [1.29, 1.82) is 0 Å². The van der Waals surface area contributed by atoms with Gasteiger partial charge in [-0.25, -0.2) is 4.98 Å². The Bertz CT molecular complexity index is 796. The summed E-state index contributed by atoms with van der Waals surface area (Å²) >= 11 is 6.69. The van der Waals surface area contributed by atoms with E-state index in [0.29, 0.717) is 12.1 Å². The molecule has 112 valence electrons. The minimum atomic E-state index is -0.0771. The van der Waals surface area contributed by atoms with Gasteiger partial charge in [0.25, 0.3) is 5.91 Å². The summed E-state index contributed by atoms with van der Waals surface area (Å²) in [5.74, 6) is -0.0771. The highest BCUT2D eigenvalue weighted by atomic mass is 79.9. The topological polar surface area (TPSA) is 42.0 Å². The van der Waals surface area contributed by atoms with Crippen LogP contribution in [0, 0.1) is 6.92 Å². The van der Waals surface area contributed by atoms with Gasteiger partial charge in [-0.1, -0.05) is 28.1 Å². The van der Waals surface area contributed by atoms with E-state index in [1.807, 2.05) is 36.6 Å². The van der Waals surface area contributed by atoms with Crippen molar-refractivity contribution < 1.29 is 4.79 Å². The average molecular weight is 393 g/mol. The fraction of sp³-hybridized carbons (Fsp3) is 0.125. The van der Waals surface area contributed by atoms with Crippen molar-refractivity contribution in [2.45, 2.75) is 13.5 Å². The van der Waals surface area contributed by atoms with Crippen molar-refractivity contribution >= 4 is 44.5 Å². The summed E-state index contributed by atoms with van der Waals surface area (Å²) in [7, 11) is 0. The van der Waals surface area contributed by atoms with Crippen LogP contribution < -0.4 is 5.32 Å². The highest BCUT2D eigenvalue weighted by molar-refractivity contribution is 9.10. The van der Waals surface area contributed by atoms with Gasteiger partial charge in [0.15, 0.2) is 0 Å². The number of amides is 1. The molecular formula is C16H13BrN2OS2. The van der Waals surface area contributed by atoms with Crippen molar-refractivity contribution in [2.24, 2.45) is 0 Å². The second kappa shape index (κ2) is 6.73. The molecule has 0 bridgehead atoms. The average Bonchev–Trinajstić information content (AvgIpc) is 3.14. The third-order valence-corrected chi connectivity index (χ3v) is 5.81. The van der Waals surface area contributed by atoms with Crippen LogP contribution in [0.25, 0.3) is 9.88 Å². The second-order valence-corrected chi connectivity index (χ2v) is 7.64. The Labute approximate surface area is 145 Å². The number of thiophene rings is 1. The third-order valence-electron chi connectivity index (χ3n) is 3.12. The molecule has 6 heteroatoms. The van der Waals surface area contributed by atoms with Gasteiger partial charge < -0.3 is 5.32 Å². The normalized spacial score (nSPS) is 10.6. The maximum atomic E-state index is 12.2. The van der Waals surface area contributed by atoms with E-state index >= 15 is 0 Å². The smallest absolute Gasteiger partial charge is 0.251 e. The number of hydrogen-bond acceptors (Lipinski definition) is 4. The summed E-state index contributed by atoms with van der Waals surface area (Å²) in [6.07, 6.45) is 0. The Kier molecular flexibility index (Phi) is 4.71. The number of carbonyl (C=O) groups is 1. The molecule has 2 heterocycles. The number of aryl methyl sites for hydroxylation is 1. The third kappa shape index (κ3) is 3.45. The van der Waals surface area contributed by atoms with Gasteiger partial charge in [-0.2, -0.15) is 0 Å². The zero-order valence-electron chi connectivity index (χ0n) is 11.8. The number of aromatic nitrogens is 1. The van der Waals surface area contributed by atoms with Crippen LogP contribution in [-0.2, 0) is 6.54 Å². The predicted molar refractivity (Wildman–Crippen MR) is 95.5 cm³/mol. The van der Waals surface area contributed by atoms with E-state index in [9.17, 15) is 4.79 Å². The lowest BCUT2D eigenvalue weighted by molar-refractivity contribution is 0.0951. The molecule has 22 heavy (non-hydrogen) atoms. The zero-order chi connectivity index (χ0) is 15.5. The summed E-state index contributed by atoms with van der Waals surface area (Å²) < 4.78 is 0.897. The molecule has 0 radical (unpaired) electrons. The van der Waals surface area contributed by atoms with Crippen LogP contribution in [0.15, 0.2) is 46.3 Å². The minimum absolute atomic E-state index is 0.0771. The molecule has 0 saturated heterocycles. The molecule has 0 unspecified atom stereocenters. The van der Waals surface area contributed by atoms with E-state index in [1.165, 1.54) is 0 Å². The molecule has 0 atom stereocenters. The van der Waals surface area contributed by atoms with Crippen LogP contribution in [0.4, 0.5) is 0 Å². The summed E-state index contributed by atoms with van der Waals surface area (Å²) in [5, 5.41) is 6.01. The molecule has 2 aromatic heterocycles. The van der Waals surface area contributed by atoms with Crippen LogP contribution >= 0.6 is 38.6 Å². The van der Waals surface area contributed by atoms with Gasteiger partial charge in [-0.15, -0.1) is 22.7 Å². The number of carbonyl (C=O) groups excluding carboxylic acids is 1. The molecule has 0 aliphatic carbocycles. The fourth-order valence-corrected chi connectivity index (χ4v) is 4.19. The van der Waals surface area contributed by atoms with E-state index < -0.39 is 0 Å². The van der Waals surface area contributed by atoms with Gasteiger partial charge in [0.05, 0.1) is 17.1 Å². The molecule has 0 fully saturated rings. The Hall–Kier alpha value is -1.50. The Morgan fingerprint density at radius 1 is 1.32 bits per heavy atom. The zero-order valence-corrected chi connectivity index (χ0v) is 15.0. The molecule has 3 aromatic rings. The van der Waals surface area contributed by atoms with E-state index in [2.05, 4.69) is 32.3 Å². The molecule has 3 rings (SSSR count). The first kappa shape index (κ1) is 15.4. The minimum Gasteiger partial charge on any atom is -0.347 e. The van der Waals surface area contributed by atoms with Crippen LogP contribution in [0.2, 0.25) is 0 Å². The van der Waals surface area contributed by atoms with Crippen molar-refractivity contribution in [1.82, 2.24) is 10.3 Å². The monoisotopic (exact) mass is 392 g/mol. The maximum Gasteiger partial charge on any atom is 0.251 e. The molecule has 1 N–H and O–H groups in total. The second-order valence-electron chi connectivity index (χ2n) is 4.70. The lowest BCUT2D eigenvalue weighted by atomic mass is 10.2. The van der Waals surface area contributed by atoms with Crippen molar-refractivity contribution in [3.63, 3.8) is 0 Å². The number of rotatable bonds is 4. The van der Waals surface area contributed by atoms with E-state index in [0.717, 1.165) is 24.9 Å². The fourth-order valence-electron chi connectivity index (χ4n) is 1.99. The lowest BCUT2D eigenvalue weighted by Crippen LogP contribution is -2.22. The van der Waals surface area contributed by atoms with Crippen LogP contribution in [0.3, 0.4) is 0 Å². The van der Waals surface area contributed by atoms with Gasteiger partial charge in [0.1, 0.15) is 5.01 Å². The predicted octanol–water partition coefficient (Wildman–Crippen LogP) is 4.87. The van der Waals surface area contributed by atoms with Crippen molar-refractivity contribution in [3.05, 3.63) is 62.4 Å². The van der Waals surface area contributed by atoms with Crippen LogP contribution in [0.1, 0.15) is 20.9 Å². The lowest BCUT2D eigenvalue weighted by Gasteiger charge is -2.04. The summed E-state index contributed by atoms with van der Waals surface area (Å²) in [6, 6.07) is 11.4. The van der Waals surface area contributed by atoms with Crippen molar-refractivity contribution in [3.8, 4) is 9.88 Å². The van der Waals surface area contributed by atoms with Gasteiger partial charge >= 0.3 is 0 Å². The molecule has 1 aromatic carbocycles. The molecule has 0 spiro atoms. The number of nitrogens with zero attached hydrogens (tertiary/aromatic N) is 1. The number of nitrogens with one attached hydrogen (secondary N) is 1. The first-order chi connectivity index (χ1) is 10.6. The number of thiazole rings is 1. The number of hydrogen-bond donors (Lipinski definition) is 1. The van der Waals surface area contributed by atoms with E-state index in [1.54, 1.807) is 28.7 Å². The number of halogens is 1. The molecule has 0 aliphatic rings. The Morgan fingerprint density at radius 3 is 2.91 bits per heavy atom. The summed E-state index contributed by atoms with van der Waals surface area (Å²) in [4.78, 5) is 19.0. The van der Waals surface area contributed by atoms with E-state index in [-0.39, 0.29) is 5.91 Å². The van der Waals surface area contributed by atoms with Gasteiger partial charge in [0.2, 0.25) is 0 Å². The Balaban J connectivity index is 1.70. The standard InChI is InChI=1S/C16H13BrN2OS2/c1-10-14(22-16(19-10)13-6-3-7-21-13)9-18-15(20)11-4-2-5-12(17)8-11/h2-8H,9H2,1H3,(H,18,20). The number of benzene rings is 1. The molecule has 3 nitrogen and oxygen atoms in total. The molecule has 1 amide bonds. The quantitative estimate of drug-likeness (QED) is 0.687. The highest BCUT2D eigenvalue weighted by Crippen LogP contribution is 2.30. The van der Waals surface area contributed by atoms with Gasteiger partial charge in [-0.3, -0.25) is 4.79 Å². The molecule has 0 saturated carbocycles. The van der Waals surface area contributed by atoms with Crippen LogP contribution in [0.5, 0.6) is 0 Å². The van der Waals surface area contributed by atoms with Crippen LogP contribution in [-0.4, -0.2) is 10.9 Å². The maximum absolute atomic E-state index is 12.2. The van der Waals surface area contributed by atoms with Gasteiger partial charge in [-0.05, 0) is 36.6 Å². The Morgan fingerprint density at radius 2 is 2.18 bits per heavy atom. The molecule has 0 aliphatic heterocycles.